The van der Waals surface area contributed by atoms with Gasteiger partial charge in [0.25, 0.3) is 0 Å². The molecule has 1 saturated heterocycles. The number of sulfonamides is 1. The molecule has 3 fully saturated rings. The van der Waals surface area contributed by atoms with Gasteiger partial charge in [-0.2, -0.15) is 0 Å². The van der Waals surface area contributed by atoms with Gasteiger partial charge in [0.1, 0.15) is 23.3 Å². The van der Waals surface area contributed by atoms with Crippen molar-refractivity contribution in [3.8, 4) is 17.1 Å². The fraction of sp³-hybridized carbons (Fsp3) is 0.536. The summed E-state index contributed by atoms with van der Waals surface area (Å²) in [4.78, 5) is 6.75. The van der Waals surface area contributed by atoms with Crippen LogP contribution in [0.25, 0.3) is 17.1 Å². The maximum absolute atomic E-state index is 14.6. The van der Waals surface area contributed by atoms with Gasteiger partial charge in [0.2, 0.25) is 10.0 Å². The van der Waals surface area contributed by atoms with E-state index in [2.05, 4.69) is 24.9 Å². The standard InChI is InChI=1S/C28H35FN6O3S/c1-2-39(37,38)32-20-7-10-24(25(17-20)34-15-13-28(11-12-28)14-16-34)35-18-23(31-33-35)22-9-8-21(29)26(30-22)27(36)19-5-3-4-6-19/h7-10,17-19,27,32,36H,2-6,11-16H2,1H3. The molecule has 2 aromatic heterocycles. The Bertz CT molecular complexity index is 1460. The van der Waals surface area contributed by atoms with Gasteiger partial charge in [-0.1, -0.05) is 18.1 Å². The molecule has 3 aliphatic rings. The molecule has 1 aromatic carbocycles. The Labute approximate surface area is 228 Å². The van der Waals surface area contributed by atoms with Crippen LogP contribution < -0.4 is 9.62 Å². The minimum atomic E-state index is -3.42. The van der Waals surface area contributed by atoms with Gasteiger partial charge in [-0.25, -0.2) is 22.5 Å². The summed E-state index contributed by atoms with van der Waals surface area (Å²) in [5.74, 6) is -0.509. The second kappa shape index (κ2) is 10.2. The van der Waals surface area contributed by atoms with Crippen molar-refractivity contribution < 1.29 is 17.9 Å². The lowest BCUT2D eigenvalue weighted by molar-refractivity contribution is 0.103. The summed E-state index contributed by atoms with van der Waals surface area (Å²) in [5, 5.41) is 19.5. The van der Waals surface area contributed by atoms with Crippen LogP contribution in [0.3, 0.4) is 0 Å². The summed E-state index contributed by atoms with van der Waals surface area (Å²) in [6, 6.07) is 8.32. The maximum atomic E-state index is 14.6. The number of nitrogens with zero attached hydrogens (tertiary/aromatic N) is 5. The fourth-order valence-corrected chi connectivity index (χ4v) is 6.62. The molecule has 2 saturated carbocycles. The molecule has 2 N–H and O–H groups in total. The summed E-state index contributed by atoms with van der Waals surface area (Å²) >= 11 is 0. The number of nitrogens with one attached hydrogen (secondary N) is 1. The van der Waals surface area contributed by atoms with Crippen LogP contribution in [0.15, 0.2) is 36.5 Å². The van der Waals surface area contributed by atoms with E-state index in [4.69, 9.17) is 0 Å². The molecule has 208 valence electrons. The molecule has 11 heteroatoms. The van der Waals surface area contributed by atoms with E-state index in [0.29, 0.717) is 22.5 Å². The quantitative estimate of drug-likeness (QED) is 0.410. The van der Waals surface area contributed by atoms with E-state index >= 15 is 0 Å². The third-order valence-corrected chi connectivity index (χ3v) is 10.1. The highest BCUT2D eigenvalue weighted by Gasteiger charge is 2.44. The molecule has 39 heavy (non-hydrogen) atoms. The van der Waals surface area contributed by atoms with Gasteiger partial charge in [0.05, 0.1) is 34.7 Å². The molecule has 0 bridgehead atoms. The minimum Gasteiger partial charge on any atom is -0.386 e. The van der Waals surface area contributed by atoms with Crippen LogP contribution in [-0.2, 0) is 10.0 Å². The van der Waals surface area contributed by atoms with E-state index in [1.165, 1.54) is 18.9 Å². The van der Waals surface area contributed by atoms with Crippen LogP contribution in [-0.4, -0.2) is 52.3 Å². The van der Waals surface area contributed by atoms with E-state index in [9.17, 15) is 17.9 Å². The van der Waals surface area contributed by atoms with Gasteiger partial charge in [0, 0.05) is 13.1 Å². The first-order valence-corrected chi connectivity index (χ1v) is 15.6. The minimum absolute atomic E-state index is 0.00907. The molecule has 1 atom stereocenters. The summed E-state index contributed by atoms with van der Waals surface area (Å²) in [5.41, 5.74) is 3.62. The highest BCUT2D eigenvalue weighted by atomic mass is 32.2. The molecule has 3 aromatic rings. The number of piperidine rings is 1. The van der Waals surface area contributed by atoms with Gasteiger partial charge in [0.15, 0.2) is 0 Å². The van der Waals surface area contributed by atoms with Gasteiger partial charge >= 0.3 is 0 Å². The summed E-state index contributed by atoms with van der Waals surface area (Å²) < 4.78 is 43.4. The Kier molecular flexibility index (Phi) is 6.83. The van der Waals surface area contributed by atoms with Crippen LogP contribution in [0.5, 0.6) is 0 Å². The molecule has 2 aliphatic carbocycles. The molecule has 1 spiro atoms. The fourth-order valence-electron chi connectivity index (χ4n) is 5.99. The van der Waals surface area contributed by atoms with Gasteiger partial charge < -0.3 is 10.0 Å². The van der Waals surface area contributed by atoms with Crippen LogP contribution in [0, 0.1) is 17.2 Å². The maximum Gasteiger partial charge on any atom is 0.232 e. The highest BCUT2D eigenvalue weighted by molar-refractivity contribution is 7.92. The van der Waals surface area contributed by atoms with E-state index in [1.807, 2.05) is 12.1 Å². The molecule has 1 aliphatic heterocycles. The Morgan fingerprint density at radius 2 is 1.82 bits per heavy atom. The van der Waals surface area contributed by atoms with Gasteiger partial charge in [-0.15, -0.1) is 5.10 Å². The molecular formula is C28H35FN6O3S. The molecule has 0 amide bonds. The second-order valence-corrected chi connectivity index (χ2v) is 13.3. The van der Waals surface area contributed by atoms with Crippen molar-refractivity contribution in [1.29, 1.82) is 0 Å². The number of hydrogen-bond donors (Lipinski definition) is 2. The lowest BCUT2D eigenvalue weighted by Crippen LogP contribution is -2.35. The zero-order valence-corrected chi connectivity index (χ0v) is 23.0. The second-order valence-electron chi connectivity index (χ2n) is 11.3. The van der Waals surface area contributed by atoms with E-state index in [1.54, 1.807) is 29.9 Å². The van der Waals surface area contributed by atoms with Crippen LogP contribution >= 0.6 is 0 Å². The normalized spacial score (nSPS) is 19.9. The Morgan fingerprint density at radius 3 is 2.51 bits per heavy atom. The van der Waals surface area contributed by atoms with Crippen molar-refractivity contribution in [2.45, 2.75) is 64.4 Å². The highest BCUT2D eigenvalue weighted by Crippen LogP contribution is 2.54. The largest absolute Gasteiger partial charge is 0.386 e. The number of anilines is 2. The Hall–Kier alpha value is -3.05. The van der Waals surface area contributed by atoms with Crippen molar-refractivity contribution in [3.05, 3.63) is 48.0 Å². The third kappa shape index (κ3) is 5.38. The van der Waals surface area contributed by atoms with E-state index in [-0.39, 0.29) is 17.4 Å². The van der Waals surface area contributed by atoms with Crippen molar-refractivity contribution >= 4 is 21.4 Å². The van der Waals surface area contributed by atoms with Crippen molar-refractivity contribution in [2.75, 3.05) is 28.5 Å². The number of pyridine rings is 1. The number of benzene rings is 1. The Morgan fingerprint density at radius 1 is 1.08 bits per heavy atom. The third-order valence-electron chi connectivity index (χ3n) is 8.75. The molecule has 9 nitrogen and oxygen atoms in total. The Balaban J connectivity index is 1.32. The average Bonchev–Trinajstić information content (AvgIpc) is 3.32. The predicted octanol–water partition coefficient (Wildman–Crippen LogP) is 4.83. The van der Waals surface area contributed by atoms with Gasteiger partial charge in [-0.05, 0) is 87.1 Å². The van der Waals surface area contributed by atoms with Crippen molar-refractivity contribution in [3.63, 3.8) is 0 Å². The summed E-state index contributed by atoms with van der Waals surface area (Å²) in [6.07, 6.45) is 9.43. The number of hydrogen-bond acceptors (Lipinski definition) is 7. The first-order valence-electron chi connectivity index (χ1n) is 13.9. The first-order chi connectivity index (χ1) is 18.8. The van der Waals surface area contributed by atoms with Crippen LogP contribution in [0.4, 0.5) is 15.8 Å². The molecular weight excluding hydrogens is 519 g/mol. The lowest BCUT2D eigenvalue weighted by Gasteiger charge is -2.35. The number of aliphatic hydroxyl groups excluding tert-OH is 1. The van der Waals surface area contributed by atoms with Crippen LogP contribution in [0.1, 0.15) is 70.1 Å². The topological polar surface area (TPSA) is 113 Å². The molecule has 1 unspecified atom stereocenters. The molecule has 0 radical (unpaired) electrons. The van der Waals surface area contributed by atoms with Crippen molar-refractivity contribution in [2.24, 2.45) is 11.3 Å². The van der Waals surface area contributed by atoms with E-state index in [0.717, 1.165) is 63.0 Å². The number of rotatable bonds is 8. The lowest BCUT2D eigenvalue weighted by atomic mass is 9.93. The van der Waals surface area contributed by atoms with Crippen LogP contribution in [0.2, 0.25) is 0 Å². The molecule has 6 rings (SSSR count). The van der Waals surface area contributed by atoms with Gasteiger partial charge in [-0.3, -0.25) is 4.72 Å². The number of aliphatic hydroxyl groups is 1. The SMILES string of the molecule is CCS(=O)(=O)Nc1ccc(-n2cc(-c3ccc(F)c(C(O)C4CCCC4)n3)nn2)c(N2CCC3(CC2)CC3)c1. The smallest absolute Gasteiger partial charge is 0.232 e. The zero-order valence-electron chi connectivity index (χ0n) is 22.2. The zero-order chi connectivity index (χ0) is 27.2. The summed E-state index contributed by atoms with van der Waals surface area (Å²) in [6.45, 7) is 3.39. The monoisotopic (exact) mass is 554 g/mol. The van der Waals surface area contributed by atoms with Crippen molar-refractivity contribution in [1.82, 2.24) is 20.0 Å². The number of halogens is 1. The van der Waals surface area contributed by atoms with E-state index < -0.39 is 21.9 Å². The predicted molar refractivity (Wildman–Crippen MR) is 148 cm³/mol. The summed E-state index contributed by atoms with van der Waals surface area (Å²) in [7, 11) is -3.42. The average molecular weight is 555 g/mol. The first kappa shape index (κ1) is 26.2. The number of aromatic nitrogens is 4. The molecule has 3 heterocycles.